The minimum absolute atomic E-state index is 0.00803. The predicted molar refractivity (Wildman–Crippen MR) is 70.0 cm³/mol. The van der Waals surface area contributed by atoms with Crippen molar-refractivity contribution >= 4 is 11.9 Å². The largest absolute Gasteiger partial charge is 0.480 e. The van der Waals surface area contributed by atoms with E-state index in [0.717, 1.165) is 6.42 Å². The van der Waals surface area contributed by atoms with Crippen LogP contribution in [0.25, 0.3) is 0 Å². The van der Waals surface area contributed by atoms with E-state index in [1.54, 1.807) is 4.90 Å². The molecule has 106 valence electrons. The van der Waals surface area contributed by atoms with Crippen molar-refractivity contribution in [3.63, 3.8) is 0 Å². The number of hydrogen-bond donors (Lipinski definition) is 3. The quantitative estimate of drug-likeness (QED) is 0.564. The van der Waals surface area contributed by atoms with Gasteiger partial charge in [-0.15, -0.1) is 0 Å². The number of carbonyl (C=O) groups is 2. The van der Waals surface area contributed by atoms with Crippen LogP contribution in [0.5, 0.6) is 0 Å². The van der Waals surface area contributed by atoms with E-state index in [1.807, 2.05) is 20.8 Å². The van der Waals surface area contributed by atoms with E-state index in [4.69, 9.17) is 16.6 Å². The number of hydrogen-bond acceptors (Lipinski definition) is 4. The monoisotopic (exact) mass is 259 g/mol. The van der Waals surface area contributed by atoms with Crippen LogP contribution in [0.1, 0.15) is 40.0 Å². The fourth-order valence-corrected chi connectivity index (χ4v) is 1.70. The second-order valence-electron chi connectivity index (χ2n) is 5.36. The van der Waals surface area contributed by atoms with Gasteiger partial charge in [-0.1, -0.05) is 0 Å². The van der Waals surface area contributed by atoms with Gasteiger partial charge in [0.15, 0.2) is 0 Å². The van der Waals surface area contributed by atoms with Gasteiger partial charge in [-0.3, -0.25) is 9.59 Å². The molecule has 0 aliphatic carbocycles. The molecule has 0 unspecified atom stereocenters. The van der Waals surface area contributed by atoms with Gasteiger partial charge >= 0.3 is 5.97 Å². The van der Waals surface area contributed by atoms with Crippen molar-refractivity contribution < 1.29 is 14.7 Å². The van der Waals surface area contributed by atoms with E-state index in [9.17, 15) is 9.59 Å². The molecule has 0 aromatic heterocycles. The van der Waals surface area contributed by atoms with Crippen LogP contribution in [-0.2, 0) is 9.59 Å². The normalized spacial score (nSPS) is 13.2. The van der Waals surface area contributed by atoms with Gasteiger partial charge in [0.2, 0.25) is 5.91 Å². The van der Waals surface area contributed by atoms with E-state index in [0.29, 0.717) is 19.4 Å². The zero-order valence-corrected chi connectivity index (χ0v) is 11.5. The summed E-state index contributed by atoms with van der Waals surface area (Å²) in [6.07, 6.45) is 1.83. The van der Waals surface area contributed by atoms with Crippen molar-refractivity contribution in [3.8, 4) is 0 Å². The maximum absolute atomic E-state index is 11.7. The number of rotatable bonds is 7. The highest BCUT2D eigenvalue weighted by atomic mass is 16.4. The molecular formula is C12H25N3O3. The van der Waals surface area contributed by atoms with Crippen LogP contribution in [0.4, 0.5) is 0 Å². The zero-order chi connectivity index (χ0) is 14.3. The molecule has 0 aromatic carbocycles. The maximum Gasteiger partial charge on any atom is 0.320 e. The molecule has 0 aromatic rings. The number of amides is 1. The molecule has 0 bridgehead atoms. The molecule has 6 heteroatoms. The summed E-state index contributed by atoms with van der Waals surface area (Å²) >= 11 is 0. The number of carboxylic acids is 1. The van der Waals surface area contributed by atoms with Crippen molar-refractivity contribution in [1.82, 2.24) is 4.90 Å². The smallest absolute Gasteiger partial charge is 0.320 e. The van der Waals surface area contributed by atoms with Crippen molar-refractivity contribution in [2.45, 2.75) is 51.6 Å². The molecule has 0 fully saturated rings. The van der Waals surface area contributed by atoms with Gasteiger partial charge < -0.3 is 21.5 Å². The Morgan fingerprint density at radius 2 is 1.83 bits per heavy atom. The van der Waals surface area contributed by atoms with Gasteiger partial charge in [-0.05, 0) is 40.0 Å². The topological polar surface area (TPSA) is 110 Å². The molecule has 0 radical (unpaired) electrons. The Bertz CT molecular complexity index is 287. The Morgan fingerprint density at radius 3 is 2.22 bits per heavy atom. The molecule has 0 rings (SSSR count). The number of nitrogens with zero attached hydrogens (tertiary/aromatic N) is 1. The van der Waals surface area contributed by atoms with E-state index >= 15 is 0 Å². The van der Waals surface area contributed by atoms with Crippen LogP contribution >= 0.6 is 0 Å². The highest BCUT2D eigenvalue weighted by Gasteiger charge is 2.24. The molecule has 1 amide bonds. The summed E-state index contributed by atoms with van der Waals surface area (Å²) in [5.41, 5.74) is 10.5. The average Bonchev–Trinajstić information content (AvgIpc) is 2.25. The lowest BCUT2D eigenvalue weighted by molar-refractivity contribution is -0.139. The Labute approximate surface area is 108 Å². The molecule has 5 N–H and O–H groups in total. The first-order valence-corrected chi connectivity index (χ1v) is 6.19. The third kappa shape index (κ3) is 5.97. The lowest BCUT2D eigenvalue weighted by Gasteiger charge is -2.35. The third-order valence-corrected chi connectivity index (χ3v) is 2.75. The maximum atomic E-state index is 11.7. The lowest BCUT2D eigenvalue weighted by atomic mass is 10.0. The summed E-state index contributed by atoms with van der Waals surface area (Å²) in [5.74, 6) is -1.08. The third-order valence-electron chi connectivity index (χ3n) is 2.75. The Hall–Kier alpha value is -1.14. The summed E-state index contributed by atoms with van der Waals surface area (Å²) in [7, 11) is 0. The van der Waals surface area contributed by atoms with Crippen molar-refractivity contribution in [2.24, 2.45) is 11.5 Å². The van der Waals surface area contributed by atoms with Crippen molar-refractivity contribution in [1.29, 1.82) is 0 Å². The highest BCUT2D eigenvalue weighted by Crippen LogP contribution is 2.14. The molecule has 0 heterocycles. The standard InChI is InChI=1S/C12H25N3O3/c1-12(2,3)15(10(16)8-13)7-5-4-6-9(14)11(17)18/h9H,4-8,13-14H2,1-3H3,(H,17,18)/t9-/m0/s1. The molecule has 1 atom stereocenters. The van der Waals surface area contributed by atoms with Gasteiger partial charge in [0.25, 0.3) is 0 Å². The first-order chi connectivity index (χ1) is 8.20. The average molecular weight is 259 g/mol. The second-order valence-corrected chi connectivity index (χ2v) is 5.36. The molecule has 0 aliphatic rings. The fourth-order valence-electron chi connectivity index (χ4n) is 1.70. The molecule has 18 heavy (non-hydrogen) atoms. The fraction of sp³-hybridized carbons (Fsp3) is 0.833. The van der Waals surface area contributed by atoms with Crippen molar-refractivity contribution in [3.05, 3.63) is 0 Å². The second kappa shape index (κ2) is 7.33. The number of nitrogens with two attached hydrogens (primary N) is 2. The van der Waals surface area contributed by atoms with E-state index in [1.165, 1.54) is 0 Å². The SMILES string of the molecule is CC(C)(C)N(CCCC[C@H](N)C(=O)O)C(=O)CN. The minimum atomic E-state index is -0.985. The molecule has 0 saturated carbocycles. The van der Waals surface area contributed by atoms with Gasteiger partial charge in [-0.2, -0.15) is 0 Å². The van der Waals surface area contributed by atoms with Crippen LogP contribution in [0, 0.1) is 0 Å². The van der Waals surface area contributed by atoms with Crippen LogP contribution < -0.4 is 11.5 Å². The predicted octanol–water partition coefficient (Wildman–Crippen LogP) is 0.154. The summed E-state index contributed by atoms with van der Waals surface area (Å²) in [6.45, 7) is 6.41. The van der Waals surface area contributed by atoms with E-state index in [-0.39, 0.29) is 18.0 Å². The van der Waals surface area contributed by atoms with Crippen LogP contribution in [-0.4, -0.2) is 46.6 Å². The highest BCUT2D eigenvalue weighted by molar-refractivity contribution is 5.78. The summed E-state index contributed by atoms with van der Waals surface area (Å²) in [5, 5.41) is 8.64. The summed E-state index contributed by atoms with van der Waals surface area (Å²) in [4.78, 5) is 23.9. The Morgan fingerprint density at radius 1 is 1.28 bits per heavy atom. The van der Waals surface area contributed by atoms with Gasteiger partial charge in [0.1, 0.15) is 6.04 Å². The number of aliphatic carboxylic acids is 1. The number of carbonyl (C=O) groups excluding carboxylic acids is 1. The molecule has 0 aliphatic heterocycles. The van der Waals surface area contributed by atoms with Crippen LogP contribution in [0.2, 0.25) is 0 Å². The molecular weight excluding hydrogens is 234 g/mol. The van der Waals surface area contributed by atoms with Crippen LogP contribution in [0.3, 0.4) is 0 Å². The first kappa shape index (κ1) is 16.9. The lowest BCUT2D eigenvalue weighted by Crippen LogP contribution is -2.48. The number of carboxylic acid groups (broad SMARTS) is 1. The van der Waals surface area contributed by atoms with E-state index < -0.39 is 12.0 Å². The van der Waals surface area contributed by atoms with Gasteiger partial charge in [0, 0.05) is 12.1 Å². The molecule has 0 saturated heterocycles. The number of unbranched alkanes of at least 4 members (excludes halogenated alkanes) is 1. The Balaban J connectivity index is 4.14. The molecule has 6 nitrogen and oxygen atoms in total. The van der Waals surface area contributed by atoms with E-state index in [2.05, 4.69) is 0 Å². The Kier molecular flexibility index (Phi) is 6.86. The van der Waals surface area contributed by atoms with Gasteiger partial charge in [0.05, 0.1) is 6.54 Å². The first-order valence-electron chi connectivity index (χ1n) is 6.19. The summed E-state index contributed by atoms with van der Waals surface area (Å²) < 4.78 is 0. The van der Waals surface area contributed by atoms with Gasteiger partial charge in [-0.25, -0.2) is 0 Å². The van der Waals surface area contributed by atoms with Crippen LogP contribution in [0.15, 0.2) is 0 Å². The van der Waals surface area contributed by atoms with Crippen molar-refractivity contribution in [2.75, 3.05) is 13.1 Å². The minimum Gasteiger partial charge on any atom is -0.480 e. The molecule has 0 spiro atoms. The zero-order valence-electron chi connectivity index (χ0n) is 11.5. The summed E-state index contributed by atoms with van der Waals surface area (Å²) in [6, 6.07) is -0.821.